The fraction of sp³-hybridized carbons (Fsp3) is 0.526. The van der Waals surface area contributed by atoms with E-state index in [1.807, 2.05) is 32.0 Å². The molecule has 1 aliphatic heterocycles. The molecule has 2 aromatic heterocycles. The van der Waals surface area contributed by atoms with Crippen LogP contribution >= 0.6 is 0 Å². The lowest BCUT2D eigenvalue weighted by atomic mass is 10.1. The van der Waals surface area contributed by atoms with Crippen LogP contribution in [0.25, 0.3) is 0 Å². The van der Waals surface area contributed by atoms with E-state index in [9.17, 15) is 4.79 Å². The van der Waals surface area contributed by atoms with Gasteiger partial charge in [0.05, 0.1) is 36.7 Å². The van der Waals surface area contributed by atoms with Gasteiger partial charge in [0.2, 0.25) is 5.91 Å². The molecule has 26 heavy (non-hydrogen) atoms. The topological polar surface area (TPSA) is 89.1 Å². The maximum Gasteiger partial charge on any atom is 0.220 e. The van der Waals surface area contributed by atoms with Crippen molar-refractivity contribution in [3.8, 4) is 0 Å². The zero-order valence-electron chi connectivity index (χ0n) is 15.3. The molecule has 0 saturated carbocycles. The number of nitrogens with zero attached hydrogens (tertiary/aromatic N) is 2. The number of aromatic amines is 1. The summed E-state index contributed by atoms with van der Waals surface area (Å²) in [5.74, 6) is -0.00742. The van der Waals surface area contributed by atoms with Crippen LogP contribution in [0.4, 0.5) is 0 Å². The molecule has 0 bridgehead atoms. The summed E-state index contributed by atoms with van der Waals surface area (Å²) < 4.78 is 11.5. The Bertz CT molecular complexity index is 717. The van der Waals surface area contributed by atoms with Crippen molar-refractivity contribution < 1.29 is 14.3 Å². The van der Waals surface area contributed by atoms with Crippen LogP contribution in [0.2, 0.25) is 0 Å². The lowest BCUT2D eigenvalue weighted by Crippen LogP contribution is -2.50. The highest BCUT2D eigenvalue weighted by Gasteiger charge is 2.28. The van der Waals surface area contributed by atoms with Gasteiger partial charge in [0.25, 0.3) is 0 Å². The Morgan fingerprint density at radius 1 is 1.42 bits per heavy atom. The normalized spacial score (nSPS) is 20.1. The van der Waals surface area contributed by atoms with Gasteiger partial charge in [0, 0.05) is 31.3 Å². The summed E-state index contributed by atoms with van der Waals surface area (Å²) in [6.07, 6.45) is 3.46. The number of hydrogen-bond acceptors (Lipinski definition) is 5. The summed E-state index contributed by atoms with van der Waals surface area (Å²) in [7, 11) is 0. The van der Waals surface area contributed by atoms with E-state index in [1.54, 1.807) is 6.20 Å². The second kappa shape index (κ2) is 8.91. The molecule has 1 aliphatic rings. The molecule has 1 saturated heterocycles. The largest absolute Gasteiger partial charge is 0.379 e. The highest BCUT2D eigenvalue weighted by molar-refractivity contribution is 5.76. The minimum Gasteiger partial charge on any atom is -0.379 e. The minimum atomic E-state index is -0.137. The molecule has 7 heteroatoms. The van der Waals surface area contributed by atoms with Crippen molar-refractivity contribution in [1.29, 1.82) is 0 Å². The molecular formula is C19H26N4O3. The highest BCUT2D eigenvalue weighted by Crippen LogP contribution is 2.15. The van der Waals surface area contributed by atoms with Gasteiger partial charge in [-0.1, -0.05) is 6.07 Å². The lowest BCUT2D eigenvalue weighted by molar-refractivity contribution is -0.126. The van der Waals surface area contributed by atoms with Crippen molar-refractivity contribution >= 4 is 5.91 Å². The van der Waals surface area contributed by atoms with Gasteiger partial charge in [-0.15, -0.1) is 0 Å². The smallest absolute Gasteiger partial charge is 0.220 e. The Labute approximate surface area is 153 Å². The first-order valence-electron chi connectivity index (χ1n) is 9.02. The molecule has 0 spiro atoms. The standard InChI is InChI=1S/C19H26N4O3/c1-13-14(2)22-23-16(13)6-7-19(24)21-17-12-25-10-8-18(17)26-11-15-5-3-4-9-20-15/h3-5,9,17-18H,6-8,10-12H2,1-2H3,(H,21,24)(H,22,23)/t17-,18+/m1/s1. The first-order chi connectivity index (χ1) is 12.6. The number of hydrogen-bond donors (Lipinski definition) is 2. The molecule has 7 nitrogen and oxygen atoms in total. The van der Waals surface area contributed by atoms with E-state index in [-0.39, 0.29) is 18.1 Å². The van der Waals surface area contributed by atoms with Crippen LogP contribution < -0.4 is 5.32 Å². The van der Waals surface area contributed by atoms with Crippen LogP contribution in [0.1, 0.15) is 35.5 Å². The quantitative estimate of drug-likeness (QED) is 0.788. The Morgan fingerprint density at radius 2 is 2.31 bits per heavy atom. The lowest BCUT2D eigenvalue weighted by Gasteiger charge is -2.32. The summed E-state index contributed by atoms with van der Waals surface area (Å²) in [5, 5.41) is 10.3. The summed E-state index contributed by atoms with van der Waals surface area (Å²) in [6, 6.07) is 5.61. The number of pyridine rings is 1. The Balaban J connectivity index is 1.49. The first-order valence-corrected chi connectivity index (χ1v) is 9.02. The van der Waals surface area contributed by atoms with Crippen molar-refractivity contribution in [2.45, 2.75) is 51.9 Å². The number of carbonyl (C=O) groups is 1. The van der Waals surface area contributed by atoms with Crippen LogP contribution in [-0.4, -0.2) is 46.4 Å². The van der Waals surface area contributed by atoms with Crippen molar-refractivity contribution in [2.75, 3.05) is 13.2 Å². The predicted molar refractivity (Wildman–Crippen MR) is 96.6 cm³/mol. The first kappa shape index (κ1) is 18.5. The summed E-state index contributed by atoms with van der Waals surface area (Å²) in [5.41, 5.74) is 3.99. The zero-order valence-corrected chi connectivity index (χ0v) is 15.3. The number of amides is 1. The SMILES string of the molecule is Cc1[nH]nc(CCC(=O)N[C@@H]2COCC[C@@H]2OCc2ccccn2)c1C. The van der Waals surface area contributed by atoms with Gasteiger partial charge in [-0.05, 0) is 38.0 Å². The number of nitrogens with one attached hydrogen (secondary N) is 2. The molecule has 1 fully saturated rings. The Hall–Kier alpha value is -2.25. The van der Waals surface area contributed by atoms with Crippen LogP contribution in [-0.2, 0) is 27.3 Å². The molecule has 3 rings (SSSR count). The third-order valence-electron chi connectivity index (χ3n) is 4.75. The monoisotopic (exact) mass is 358 g/mol. The van der Waals surface area contributed by atoms with Crippen LogP contribution in [0.3, 0.4) is 0 Å². The van der Waals surface area contributed by atoms with E-state index >= 15 is 0 Å². The molecule has 0 unspecified atom stereocenters. The van der Waals surface area contributed by atoms with Gasteiger partial charge in [0.1, 0.15) is 0 Å². The van der Waals surface area contributed by atoms with Crippen molar-refractivity contribution in [1.82, 2.24) is 20.5 Å². The maximum absolute atomic E-state index is 12.3. The van der Waals surface area contributed by atoms with E-state index in [2.05, 4.69) is 20.5 Å². The number of carbonyl (C=O) groups excluding carboxylic acids is 1. The fourth-order valence-corrected chi connectivity index (χ4v) is 3.02. The van der Waals surface area contributed by atoms with Gasteiger partial charge in [-0.3, -0.25) is 14.9 Å². The number of H-pyrrole nitrogens is 1. The number of ether oxygens (including phenoxy) is 2. The van der Waals surface area contributed by atoms with Crippen molar-refractivity contribution in [2.24, 2.45) is 0 Å². The molecule has 0 aliphatic carbocycles. The van der Waals surface area contributed by atoms with Gasteiger partial charge in [-0.2, -0.15) is 5.10 Å². The average Bonchev–Trinajstić information content (AvgIpc) is 2.98. The molecule has 3 heterocycles. The third-order valence-corrected chi connectivity index (χ3v) is 4.75. The summed E-state index contributed by atoms with van der Waals surface area (Å²) >= 11 is 0. The molecule has 2 N–H and O–H groups in total. The fourth-order valence-electron chi connectivity index (χ4n) is 3.02. The van der Waals surface area contributed by atoms with Gasteiger partial charge in [0.15, 0.2) is 0 Å². The van der Waals surface area contributed by atoms with Crippen LogP contribution in [0.5, 0.6) is 0 Å². The van der Waals surface area contributed by atoms with Crippen molar-refractivity contribution in [3.63, 3.8) is 0 Å². The third kappa shape index (κ3) is 4.89. The number of aryl methyl sites for hydroxylation is 2. The van der Waals surface area contributed by atoms with Gasteiger partial charge < -0.3 is 14.8 Å². The van der Waals surface area contributed by atoms with Gasteiger partial charge >= 0.3 is 0 Å². The summed E-state index contributed by atoms with van der Waals surface area (Å²) in [4.78, 5) is 16.6. The van der Waals surface area contributed by atoms with E-state index < -0.39 is 0 Å². The molecule has 140 valence electrons. The highest BCUT2D eigenvalue weighted by atomic mass is 16.5. The second-order valence-electron chi connectivity index (χ2n) is 6.63. The van der Waals surface area contributed by atoms with Crippen LogP contribution in [0, 0.1) is 13.8 Å². The summed E-state index contributed by atoms with van der Waals surface area (Å²) in [6.45, 7) is 5.55. The molecule has 0 aromatic carbocycles. The molecule has 2 aromatic rings. The molecule has 1 amide bonds. The van der Waals surface area contributed by atoms with Crippen molar-refractivity contribution in [3.05, 3.63) is 47.0 Å². The molecular weight excluding hydrogens is 332 g/mol. The minimum absolute atomic E-state index is 0.00742. The van der Waals surface area contributed by atoms with E-state index in [0.29, 0.717) is 32.7 Å². The number of aromatic nitrogens is 3. The molecule has 0 radical (unpaired) electrons. The van der Waals surface area contributed by atoms with E-state index in [1.165, 1.54) is 0 Å². The van der Waals surface area contributed by atoms with Crippen LogP contribution in [0.15, 0.2) is 24.4 Å². The Morgan fingerprint density at radius 3 is 3.04 bits per heavy atom. The second-order valence-corrected chi connectivity index (χ2v) is 6.63. The number of rotatable bonds is 7. The zero-order chi connectivity index (χ0) is 18.4. The Kier molecular flexibility index (Phi) is 6.35. The average molecular weight is 358 g/mol. The maximum atomic E-state index is 12.3. The van der Waals surface area contributed by atoms with Gasteiger partial charge in [-0.25, -0.2) is 0 Å². The molecule has 2 atom stereocenters. The van der Waals surface area contributed by atoms with E-state index in [4.69, 9.17) is 9.47 Å². The predicted octanol–water partition coefficient (Wildman–Crippen LogP) is 1.84. The van der Waals surface area contributed by atoms with E-state index in [0.717, 1.165) is 29.1 Å².